The summed E-state index contributed by atoms with van der Waals surface area (Å²) >= 11 is 9.17. The Balaban J connectivity index is 2.31. The molecule has 0 N–H and O–H groups in total. The molecule has 0 heterocycles. The summed E-state index contributed by atoms with van der Waals surface area (Å²) in [6, 6.07) is 9.60. The molecule has 0 atom stereocenters. The van der Waals surface area contributed by atoms with Crippen molar-refractivity contribution >= 4 is 27.5 Å². The van der Waals surface area contributed by atoms with Crippen LogP contribution in [0.25, 0.3) is 0 Å². The molecule has 0 spiro atoms. The van der Waals surface area contributed by atoms with Gasteiger partial charge in [-0.25, -0.2) is 4.39 Å². The van der Waals surface area contributed by atoms with Crippen molar-refractivity contribution in [1.82, 2.24) is 0 Å². The van der Waals surface area contributed by atoms with Crippen molar-refractivity contribution in [2.75, 3.05) is 7.11 Å². The van der Waals surface area contributed by atoms with Gasteiger partial charge < -0.3 is 9.47 Å². The third-order valence-corrected chi connectivity index (χ3v) is 3.43. The van der Waals surface area contributed by atoms with Crippen LogP contribution < -0.4 is 9.47 Å². The molecule has 0 radical (unpaired) electrons. The number of halogens is 3. The van der Waals surface area contributed by atoms with E-state index in [0.29, 0.717) is 17.1 Å². The molecular formula is C14H11BrClFO2. The lowest BCUT2D eigenvalue weighted by molar-refractivity contribution is 0.412. The zero-order chi connectivity index (χ0) is 13.8. The molecular weight excluding hydrogens is 335 g/mol. The van der Waals surface area contributed by atoms with E-state index in [1.54, 1.807) is 31.4 Å². The molecule has 2 aromatic rings. The van der Waals surface area contributed by atoms with Crippen LogP contribution in [0.2, 0.25) is 0 Å². The average molecular weight is 346 g/mol. The van der Waals surface area contributed by atoms with E-state index >= 15 is 0 Å². The number of hydrogen-bond donors (Lipinski definition) is 0. The SMILES string of the molecule is COc1ccc(Oc2ccc(F)cc2CCl)c(Br)c1. The van der Waals surface area contributed by atoms with E-state index in [-0.39, 0.29) is 11.7 Å². The second-order valence-electron chi connectivity index (χ2n) is 3.78. The quantitative estimate of drug-likeness (QED) is 0.715. The predicted molar refractivity (Wildman–Crippen MR) is 76.7 cm³/mol. The summed E-state index contributed by atoms with van der Waals surface area (Å²) in [5.74, 6) is 1.70. The minimum atomic E-state index is -0.336. The Morgan fingerprint density at radius 2 is 1.89 bits per heavy atom. The molecule has 0 fully saturated rings. The van der Waals surface area contributed by atoms with Crippen LogP contribution in [-0.2, 0) is 5.88 Å². The fourth-order valence-electron chi connectivity index (χ4n) is 1.56. The van der Waals surface area contributed by atoms with Gasteiger partial charge in [-0.05, 0) is 52.3 Å². The van der Waals surface area contributed by atoms with E-state index in [1.807, 2.05) is 0 Å². The maximum absolute atomic E-state index is 13.1. The van der Waals surface area contributed by atoms with Crippen LogP contribution in [0.3, 0.4) is 0 Å². The Bertz CT molecular complexity index is 590. The van der Waals surface area contributed by atoms with Crippen LogP contribution in [0.4, 0.5) is 4.39 Å². The number of ether oxygens (including phenoxy) is 2. The van der Waals surface area contributed by atoms with E-state index in [0.717, 1.165) is 10.2 Å². The van der Waals surface area contributed by atoms with Crippen molar-refractivity contribution < 1.29 is 13.9 Å². The Labute approximate surface area is 124 Å². The fourth-order valence-corrected chi connectivity index (χ4v) is 2.21. The highest BCUT2D eigenvalue weighted by atomic mass is 79.9. The van der Waals surface area contributed by atoms with Gasteiger partial charge in [-0.3, -0.25) is 0 Å². The summed E-state index contributed by atoms with van der Waals surface area (Å²) in [4.78, 5) is 0. The van der Waals surface area contributed by atoms with E-state index in [9.17, 15) is 4.39 Å². The summed E-state index contributed by atoms with van der Waals surface area (Å²) in [5, 5.41) is 0. The summed E-state index contributed by atoms with van der Waals surface area (Å²) in [7, 11) is 1.59. The van der Waals surface area contributed by atoms with Crippen molar-refractivity contribution in [3.63, 3.8) is 0 Å². The van der Waals surface area contributed by atoms with E-state index < -0.39 is 0 Å². The van der Waals surface area contributed by atoms with Gasteiger partial charge in [0.25, 0.3) is 0 Å². The standard InChI is InChI=1S/C14H11BrClFO2/c1-18-11-3-5-14(12(15)7-11)19-13-4-2-10(17)6-9(13)8-16/h2-7H,8H2,1H3. The van der Waals surface area contributed by atoms with E-state index in [4.69, 9.17) is 21.1 Å². The highest BCUT2D eigenvalue weighted by Crippen LogP contribution is 2.34. The first kappa shape index (κ1) is 14.2. The molecule has 2 rings (SSSR count). The van der Waals surface area contributed by atoms with Gasteiger partial charge in [0.15, 0.2) is 0 Å². The molecule has 0 saturated heterocycles. The highest BCUT2D eigenvalue weighted by Gasteiger charge is 2.09. The van der Waals surface area contributed by atoms with Gasteiger partial charge in [0.05, 0.1) is 17.5 Å². The molecule has 0 aromatic heterocycles. The van der Waals surface area contributed by atoms with Crippen LogP contribution >= 0.6 is 27.5 Å². The van der Waals surface area contributed by atoms with Crippen molar-refractivity contribution in [2.24, 2.45) is 0 Å². The highest BCUT2D eigenvalue weighted by molar-refractivity contribution is 9.10. The first-order valence-corrected chi connectivity index (χ1v) is 6.82. The molecule has 19 heavy (non-hydrogen) atoms. The third kappa shape index (κ3) is 3.39. The van der Waals surface area contributed by atoms with Gasteiger partial charge in [-0.2, -0.15) is 0 Å². The van der Waals surface area contributed by atoms with Crippen LogP contribution in [0, 0.1) is 5.82 Å². The molecule has 2 nitrogen and oxygen atoms in total. The average Bonchev–Trinajstić information content (AvgIpc) is 2.42. The minimum absolute atomic E-state index is 0.181. The topological polar surface area (TPSA) is 18.5 Å². The van der Waals surface area contributed by atoms with Gasteiger partial charge in [0, 0.05) is 5.56 Å². The number of benzene rings is 2. The zero-order valence-corrected chi connectivity index (χ0v) is 12.5. The maximum atomic E-state index is 13.1. The second-order valence-corrected chi connectivity index (χ2v) is 4.91. The molecule has 0 bridgehead atoms. The van der Waals surface area contributed by atoms with Crippen LogP contribution in [0.15, 0.2) is 40.9 Å². The number of alkyl halides is 1. The molecule has 0 aliphatic rings. The molecule has 0 aliphatic heterocycles. The molecule has 0 amide bonds. The normalized spacial score (nSPS) is 10.3. The summed E-state index contributed by atoms with van der Waals surface area (Å²) < 4.78 is 24.7. The fraction of sp³-hybridized carbons (Fsp3) is 0.143. The lowest BCUT2D eigenvalue weighted by atomic mass is 10.2. The Hall–Kier alpha value is -1.26. The molecule has 100 valence electrons. The lowest BCUT2D eigenvalue weighted by Crippen LogP contribution is -1.92. The molecule has 0 aliphatic carbocycles. The van der Waals surface area contributed by atoms with Crippen LogP contribution in [0.5, 0.6) is 17.2 Å². The molecule has 5 heteroatoms. The minimum Gasteiger partial charge on any atom is -0.497 e. The Morgan fingerprint density at radius 3 is 2.53 bits per heavy atom. The predicted octanol–water partition coefficient (Wildman–Crippen LogP) is 5.13. The van der Waals surface area contributed by atoms with Crippen LogP contribution in [-0.4, -0.2) is 7.11 Å². The summed E-state index contributed by atoms with van der Waals surface area (Å²) in [5.41, 5.74) is 0.601. The van der Waals surface area contributed by atoms with Gasteiger partial charge in [0.2, 0.25) is 0 Å². The Kier molecular flexibility index (Phi) is 4.66. The number of methoxy groups -OCH3 is 1. The lowest BCUT2D eigenvalue weighted by Gasteiger charge is -2.12. The molecule has 2 aromatic carbocycles. The largest absolute Gasteiger partial charge is 0.497 e. The first-order valence-electron chi connectivity index (χ1n) is 5.50. The second kappa shape index (κ2) is 6.26. The summed E-state index contributed by atoms with van der Waals surface area (Å²) in [6.07, 6.45) is 0. The monoisotopic (exact) mass is 344 g/mol. The molecule has 0 unspecified atom stereocenters. The van der Waals surface area contributed by atoms with E-state index in [2.05, 4.69) is 15.9 Å². The first-order chi connectivity index (χ1) is 9.13. The zero-order valence-electron chi connectivity index (χ0n) is 10.1. The van der Waals surface area contributed by atoms with Crippen LogP contribution in [0.1, 0.15) is 5.56 Å². The van der Waals surface area contributed by atoms with E-state index in [1.165, 1.54) is 12.1 Å². The van der Waals surface area contributed by atoms with Gasteiger partial charge in [0.1, 0.15) is 23.1 Å². The maximum Gasteiger partial charge on any atom is 0.141 e. The van der Waals surface area contributed by atoms with Crippen molar-refractivity contribution in [3.05, 3.63) is 52.3 Å². The molecule has 0 saturated carbocycles. The smallest absolute Gasteiger partial charge is 0.141 e. The van der Waals surface area contributed by atoms with Gasteiger partial charge >= 0.3 is 0 Å². The van der Waals surface area contributed by atoms with Crippen molar-refractivity contribution in [3.8, 4) is 17.2 Å². The Morgan fingerprint density at radius 1 is 1.16 bits per heavy atom. The van der Waals surface area contributed by atoms with Gasteiger partial charge in [-0.1, -0.05) is 0 Å². The van der Waals surface area contributed by atoms with Gasteiger partial charge in [-0.15, -0.1) is 11.6 Å². The third-order valence-electron chi connectivity index (χ3n) is 2.53. The van der Waals surface area contributed by atoms with Crippen molar-refractivity contribution in [2.45, 2.75) is 5.88 Å². The number of hydrogen-bond acceptors (Lipinski definition) is 2. The number of rotatable bonds is 4. The summed E-state index contributed by atoms with van der Waals surface area (Å²) in [6.45, 7) is 0. The van der Waals surface area contributed by atoms with Crippen molar-refractivity contribution in [1.29, 1.82) is 0 Å².